The minimum atomic E-state index is 0.435. The van der Waals surface area contributed by atoms with Crippen molar-refractivity contribution in [1.82, 2.24) is 9.97 Å². The fourth-order valence-corrected chi connectivity index (χ4v) is 2.06. The number of hydrogen-bond donors (Lipinski definition) is 1. The molecule has 2 aromatic rings. The summed E-state index contributed by atoms with van der Waals surface area (Å²) in [6.07, 6.45) is 0. The number of nitrogens with zero attached hydrogens (tertiary/aromatic N) is 3. The summed E-state index contributed by atoms with van der Waals surface area (Å²) in [6.45, 7) is 2.82. The SMILES string of the molecule is COCCOc1cc(N(C)c2nc(C)cc(N)n2)ccc1OC. The molecular weight excluding hydrogens is 296 g/mol. The molecule has 7 nitrogen and oxygen atoms in total. The van der Waals surface area contributed by atoms with E-state index in [-0.39, 0.29) is 0 Å². The number of nitrogen functional groups attached to an aromatic ring is 1. The lowest BCUT2D eigenvalue weighted by molar-refractivity contribution is 0.144. The summed E-state index contributed by atoms with van der Waals surface area (Å²) in [5, 5.41) is 0. The van der Waals surface area contributed by atoms with E-state index in [2.05, 4.69) is 9.97 Å². The van der Waals surface area contributed by atoms with Gasteiger partial charge in [-0.25, -0.2) is 4.98 Å². The van der Waals surface area contributed by atoms with Crippen LogP contribution >= 0.6 is 0 Å². The predicted molar refractivity (Wildman–Crippen MR) is 89.6 cm³/mol. The molecule has 0 fully saturated rings. The Morgan fingerprint density at radius 3 is 2.52 bits per heavy atom. The van der Waals surface area contributed by atoms with E-state index in [9.17, 15) is 0 Å². The first-order valence-electron chi connectivity index (χ1n) is 7.20. The molecule has 0 aliphatic rings. The Kier molecular flexibility index (Phi) is 5.59. The fourth-order valence-electron chi connectivity index (χ4n) is 2.06. The second-order valence-electron chi connectivity index (χ2n) is 4.97. The first-order chi connectivity index (χ1) is 11.0. The van der Waals surface area contributed by atoms with Crippen LogP contribution in [-0.2, 0) is 4.74 Å². The number of rotatable bonds is 7. The number of methoxy groups -OCH3 is 2. The number of ether oxygens (including phenoxy) is 3. The van der Waals surface area contributed by atoms with Crippen molar-refractivity contribution in [2.45, 2.75) is 6.92 Å². The minimum Gasteiger partial charge on any atom is -0.493 e. The van der Waals surface area contributed by atoms with Crippen molar-refractivity contribution in [3.8, 4) is 11.5 Å². The molecule has 1 heterocycles. The van der Waals surface area contributed by atoms with Gasteiger partial charge in [0.15, 0.2) is 11.5 Å². The molecule has 2 rings (SSSR count). The zero-order valence-electron chi connectivity index (χ0n) is 13.9. The van der Waals surface area contributed by atoms with E-state index in [0.29, 0.717) is 36.5 Å². The standard InChI is InChI=1S/C16H22N4O3/c1-11-9-15(17)19-16(18-11)20(2)12-5-6-13(22-4)14(10-12)23-8-7-21-3/h5-6,9-10H,7-8H2,1-4H3,(H2,17,18,19). The number of aryl methyl sites for hydroxylation is 1. The summed E-state index contributed by atoms with van der Waals surface area (Å²) in [7, 11) is 5.10. The highest BCUT2D eigenvalue weighted by Gasteiger charge is 2.12. The molecular formula is C16H22N4O3. The Balaban J connectivity index is 2.29. The molecule has 1 aromatic carbocycles. The summed E-state index contributed by atoms with van der Waals surface area (Å²) >= 11 is 0. The van der Waals surface area contributed by atoms with Gasteiger partial charge in [-0.3, -0.25) is 0 Å². The van der Waals surface area contributed by atoms with Gasteiger partial charge in [0, 0.05) is 37.7 Å². The predicted octanol–water partition coefficient (Wildman–Crippen LogP) is 2.17. The van der Waals surface area contributed by atoms with Gasteiger partial charge in [-0.15, -0.1) is 0 Å². The molecule has 0 radical (unpaired) electrons. The Morgan fingerprint density at radius 1 is 1.09 bits per heavy atom. The van der Waals surface area contributed by atoms with Crippen LogP contribution in [-0.4, -0.2) is 44.4 Å². The smallest absolute Gasteiger partial charge is 0.231 e. The second-order valence-corrected chi connectivity index (χ2v) is 4.97. The molecule has 0 saturated heterocycles. The second kappa shape index (κ2) is 7.64. The van der Waals surface area contributed by atoms with Gasteiger partial charge >= 0.3 is 0 Å². The van der Waals surface area contributed by atoms with Crippen molar-refractivity contribution in [2.24, 2.45) is 0 Å². The maximum Gasteiger partial charge on any atom is 0.231 e. The summed E-state index contributed by atoms with van der Waals surface area (Å²) in [6, 6.07) is 7.35. The average molecular weight is 318 g/mol. The zero-order chi connectivity index (χ0) is 16.8. The lowest BCUT2D eigenvalue weighted by Gasteiger charge is -2.20. The Hall–Kier alpha value is -2.54. The van der Waals surface area contributed by atoms with E-state index in [0.717, 1.165) is 11.4 Å². The molecule has 0 bridgehead atoms. The van der Waals surface area contributed by atoms with Crippen molar-refractivity contribution in [1.29, 1.82) is 0 Å². The van der Waals surface area contributed by atoms with Crippen LogP contribution < -0.4 is 20.1 Å². The topological polar surface area (TPSA) is 82.7 Å². The Bertz CT molecular complexity index is 644. The number of anilines is 3. The normalized spacial score (nSPS) is 10.4. The van der Waals surface area contributed by atoms with Gasteiger partial charge in [0.25, 0.3) is 0 Å². The van der Waals surface area contributed by atoms with E-state index in [1.807, 2.05) is 37.1 Å². The molecule has 0 aliphatic carbocycles. The van der Waals surface area contributed by atoms with Gasteiger partial charge in [-0.05, 0) is 19.1 Å². The van der Waals surface area contributed by atoms with Crippen LogP contribution in [0.1, 0.15) is 5.69 Å². The van der Waals surface area contributed by atoms with Crippen molar-refractivity contribution < 1.29 is 14.2 Å². The molecule has 23 heavy (non-hydrogen) atoms. The van der Waals surface area contributed by atoms with Crippen LogP contribution in [0.5, 0.6) is 11.5 Å². The van der Waals surface area contributed by atoms with E-state index in [1.54, 1.807) is 20.3 Å². The fraction of sp³-hybridized carbons (Fsp3) is 0.375. The maximum atomic E-state index is 5.80. The monoisotopic (exact) mass is 318 g/mol. The third kappa shape index (κ3) is 4.23. The van der Waals surface area contributed by atoms with Crippen LogP contribution in [0.15, 0.2) is 24.3 Å². The van der Waals surface area contributed by atoms with Crippen molar-refractivity contribution >= 4 is 17.5 Å². The number of benzene rings is 1. The third-order valence-electron chi connectivity index (χ3n) is 3.24. The van der Waals surface area contributed by atoms with E-state index >= 15 is 0 Å². The summed E-state index contributed by atoms with van der Waals surface area (Å²) in [4.78, 5) is 10.5. The number of hydrogen-bond acceptors (Lipinski definition) is 7. The molecule has 7 heteroatoms. The molecule has 0 saturated carbocycles. The van der Waals surface area contributed by atoms with Gasteiger partial charge in [-0.2, -0.15) is 4.98 Å². The van der Waals surface area contributed by atoms with Crippen molar-refractivity contribution in [2.75, 3.05) is 45.1 Å². The average Bonchev–Trinajstić information content (AvgIpc) is 2.53. The maximum absolute atomic E-state index is 5.80. The molecule has 1 aromatic heterocycles. The molecule has 124 valence electrons. The molecule has 0 atom stereocenters. The number of nitrogens with two attached hydrogens (primary N) is 1. The van der Waals surface area contributed by atoms with Gasteiger partial charge in [-0.1, -0.05) is 0 Å². The van der Waals surface area contributed by atoms with E-state index < -0.39 is 0 Å². The highest BCUT2D eigenvalue weighted by molar-refractivity contribution is 5.62. The van der Waals surface area contributed by atoms with Crippen molar-refractivity contribution in [3.63, 3.8) is 0 Å². The van der Waals surface area contributed by atoms with Crippen LogP contribution in [0.3, 0.4) is 0 Å². The van der Waals surface area contributed by atoms with Crippen LogP contribution in [0.25, 0.3) is 0 Å². The first-order valence-corrected chi connectivity index (χ1v) is 7.20. The molecule has 0 amide bonds. The third-order valence-corrected chi connectivity index (χ3v) is 3.24. The van der Waals surface area contributed by atoms with Gasteiger partial charge in [0.05, 0.1) is 13.7 Å². The molecule has 0 unspecified atom stereocenters. The minimum absolute atomic E-state index is 0.435. The molecule has 0 spiro atoms. The van der Waals surface area contributed by atoms with Crippen LogP contribution in [0, 0.1) is 6.92 Å². The quantitative estimate of drug-likeness (QED) is 0.783. The van der Waals surface area contributed by atoms with Gasteiger partial charge in [0.2, 0.25) is 5.95 Å². The zero-order valence-corrected chi connectivity index (χ0v) is 13.9. The highest BCUT2D eigenvalue weighted by atomic mass is 16.5. The Labute approximate surface area is 136 Å². The summed E-state index contributed by atoms with van der Waals surface area (Å²) < 4.78 is 16.0. The number of aromatic nitrogens is 2. The summed E-state index contributed by atoms with van der Waals surface area (Å²) in [5.74, 6) is 2.25. The van der Waals surface area contributed by atoms with Crippen LogP contribution in [0.2, 0.25) is 0 Å². The largest absolute Gasteiger partial charge is 0.493 e. The molecule has 0 aliphatic heterocycles. The molecule has 2 N–H and O–H groups in total. The lowest BCUT2D eigenvalue weighted by atomic mass is 10.2. The van der Waals surface area contributed by atoms with E-state index in [1.165, 1.54) is 0 Å². The van der Waals surface area contributed by atoms with E-state index in [4.69, 9.17) is 19.9 Å². The van der Waals surface area contributed by atoms with Crippen molar-refractivity contribution in [3.05, 3.63) is 30.0 Å². The first kappa shape index (κ1) is 16.8. The Morgan fingerprint density at radius 2 is 1.87 bits per heavy atom. The van der Waals surface area contributed by atoms with Crippen LogP contribution in [0.4, 0.5) is 17.5 Å². The van der Waals surface area contributed by atoms with Gasteiger partial charge < -0.3 is 24.8 Å². The summed E-state index contributed by atoms with van der Waals surface area (Å²) in [5.41, 5.74) is 7.47. The lowest BCUT2D eigenvalue weighted by Crippen LogP contribution is -2.15. The van der Waals surface area contributed by atoms with Gasteiger partial charge in [0.1, 0.15) is 12.4 Å². The highest BCUT2D eigenvalue weighted by Crippen LogP contribution is 2.33.